The summed E-state index contributed by atoms with van der Waals surface area (Å²) in [4.78, 5) is 60.0. The molecule has 0 aliphatic carbocycles. The van der Waals surface area contributed by atoms with Crippen LogP contribution >= 0.6 is 0 Å². The lowest BCUT2D eigenvalue weighted by molar-refractivity contribution is -0.134. The summed E-state index contributed by atoms with van der Waals surface area (Å²) in [7, 11) is 2.34. The van der Waals surface area contributed by atoms with E-state index in [4.69, 9.17) is 9.47 Å². The van der Waals surface area contributed by atoms with Crippen LogP contribution in [0.3, 0.4) is 0 Å². The Labute approximate surface area is 188 Å². The Morgan fingerprint density at radius 2 is 1.61 bits per heavy atom. The first-order valence-corrected chi connectivity index (χ1v) is 9.47. The Bertz CT molecular complexity index is 1330. The van der Waals surface area contributed by atoms with Gasteiger partial charge >= 0.3 is 17.9 Å². The molecule has 0 saturated carbocycles. The number of carbonyl (C=O) groups excluding carboxylic acids is 3. The van der Waals surface area contributed by atoms with Gasteiger partial charge in [-0.2, -0.15) is 0 Å². The monoisotopic (exact) mass is 453 g/mol. The SMILES string of the molecule is CCOC(=O)c1cc(=O)c2cc(OCC#CC(=O)OC)c(=O)ccc2n1CC#CC(=O)OC. The van der Waals surface area contributed by atoms with E-state index in [1.165, 1.54) is 30.9 Å². The molecule has 10 heteroatoms. The number of esters is 3. The zero-order valence-electron chi connectivity index (χ0n) is 18.1. The lowest BCUT2D eigenvalue weighted by Crippen LogP contribution is -2.19. The second-order valence-corrected chi connectivity index (χ2v) is 6.08. The smallest absolute Gasteiger partial charge is 0.384 e. The lowest BCUT2D eigenvalue weighted by Gasteiger charge is -2.12. The molecule has 33 heavy (non-hydrogen) atoms. The Hall–Kier alpha value is -4.57. The topological polar surface area (TPSA) is 127 Å². The summed E-state index contributed by atoms with van der Waals surface area (Å²) in [5.74, 6) is 6.80. The van der Waals surface area contributed by atoms with Gasteiger partial charge in [0.15, 0.2) is 11.2 Å². The average Bonchev–Trinajstić information content (AvgIpc) is 2.97. The van der Waals surface area contributed by atoms with Crippen molar-refractivity contribution in [3.63, 3.8) is 0 Å². The molecular weight excluding hydrogens is 434 g/mol. The number of aromatic nitrogens is 1. The standard InChI is InChI=1S/C23H19NO9/c1-4-32-23(29)17-14-19(26)15-13-20(33-12-6-8-22(28)31-3)18(25)10-9-16(15)24(17)11-5-7-21(27)30-2/h9-10,13-14H,4,11-12H2,1-3H3. The van der Waals surface area contributed by atoms with Gasteiger partial charge < -0.3 is 23.5 Å². The maximum absolute atomic E-state index is 12.8. The number of carbonyl (C=O) groups is 3. The molecule has 0 amide bonds. The van der Waals surface area contributed by atoms with Crippen LogP contribution in [0, 0.1) is 23.7 Å². The molecular formula is C23H19NO9. The van der Waals surface area contributed by atoms with E-state index < -0.39 is 28.8 Å². The van der Waals surface area contributed by atoms with Crippen LogP contribution in [-0.4, -0.2) is 49.9 Å². The average molecular weight is 453 g/mol. The molecule has 0 aliphatic rings. The largest absolute Gasteiger partial charge is 0.477 e. The molecule has 1 heterocycles. The number of rotatable bonds is 5. The summed E-state index contributed by atoms with van der Waals surface area (Å²) in [6.07, 6.45) is 0. The van der Waals surface area contributed by atoms with Gasteiger partial charge in [-0.05, 0) is 31.0 Å². The van der Waals surface area contributed by atoms with E-state index >= 15 is 0 Å². The summed E-state index contributed by atoms with van der Waals surface area (Å²) >= 11 is 0. The molecule has 0 fully saturated rings. The summed E-state index contributed by atoms with van der Waals surface area (Å²) in [6, 6.07) is 4.73. The molecule has 10 nitrogen and oxygen atoms in total. The second kappa shape index (κ2) is 11.7. The van der Waals surface area contributed by atoms with Crippen LogP contribution in [-0.2, 0) is 30.3 Å². The molecule has 0 unspecified atom stereocenters. The molecule has 0 spiro atoms. The summed E-state index contributed by atoms with van der Waals surface area (Å²) < 4.78 is 20.5. The van der Waals surface area contributed by atoms with Gasteiger partial charge in [0.05, 0.1) is 32.9 Å². The van der Waals surface area contributed by atoms with Gasteiger partial charge in [-0.15, -0.1) is 0 Å². The predicted octanol–water partition coefficient (Wildman–Crippen LogP) is 0.270. The van der Waals surface area contributed by atoms with Crippen molar-refractivity contribution < 1.29 is 33.3 Å². The molecule has 1 aromatic heterocycles. The van der Waals surface area contributed by atoms with Crippen molar-refractivity contribution in [2.45, 2.75) is 13.5 Å². The van der Waals surface area contributed by atoms with Gasteiger partial charge in [-0.25, -0.2) is 14.4 Å². The fourth-order valence-electron chi connectivity index (χ4n) is 2.62. The van der Waals surface area contributed by atoms with E-state index in [0.29, 0.717) is 0 Å². The molecule has 0 saturated heterocycles. The van der Waals surface area contributed by atoms with E-state index in [2.05, 4.69) is 33.2 Å². The highest BCUT2D eigenvalue weighted by Crippen LogP contribution is 2.16. The highest BCUT2D eigenvalue weighted by molar-refractivity contribution is 5.92. The molecule has 0 radical (unpaired) electrons. The van der Waals surface area contributed by atoms with Crippen molar-refractivity contribution >= 4 is 28.8 Å². The number of hydrogen-bond donors (Lipinski definition) is 0. The van der Waals surface area contributed by atoms with Gasteiger partial charge in [-0.3, -0.25) is 9.59 Å². The first kappa shape index (κ1) is 24.7. The Morgan fingerprint density at radius 3 is 2.24 bits per heavy atom. The number of nitrogens with zero attached hydrogens (tertiary/aromatic N) is 1. The molecule has 0 atom stereocenters. The first-order chi connectivity index (χ1) is 15.8. The van der Waals surface area contributed by atoms with Crippen molar-refractivity contribution in [3.8, 4) is 29.4 Å². The van der Waals surface area contributed by atoms with Crippen molar-refractivity contribution in [2.24, 2.45) is 0 Å². The van der Waals surface area contributed by atoms with Crippen LogP contribution in [0.4, 0.5) is 0 Å². The third kappa shape index (κ3) is 6.45. The Balaban J connectivity index is 2.65. The van der Waals surface area contributed by atoms with Crippen LogP contribution in [0.5, 0.6) is 5.75 Å². The van der Waals surface area contributed by atoms with E-state index in [0.717, 1.165) is 12.1 Å². The van der Waals surface area contributed by atoms with Crippen molar-refractivity contribution in [3.05, 3.63) is 50.4 Å². The van der Waals surface area contributed by atoms with Gasteiger partial charge in [0, 0.05) is 23.3 Å². The minimum Gasteiger partial charge on any atom is -0.477 e. The summed E-state index contributed by atoms with van der Waals surface area (Å²) in [6.45, 7) is 1.18. The van der Waals surface area contributed by atoms with Crippen molar-refractivity contribution in [1.29, 1.82) is 0 Å². The van der Waals surface area contributed by atoms with Crippen LogP contribution in [0.15, 0.2) is 33.9 Å². The van der Waals surface area contributed by atoms with E-state index in [1.807, 2.05) is 0 Å². The van der Waals surface area contributed by atoms with Crippen molar-refractivity contribution in [2.75, 3.05) is 27.4 Å². The van der Waals surface area contributed by atoms with Crippen LogP contribution < -0.4 is 15.6 Å². The summed E-state index contributed by atoms with van der Waals surface area (Å²) in [5.41, 5.74) is -1.09. The molecule has 0 N–H and O–H groups in total. The predicted molar refractivity (Wildman–Crippen MR) is 116 cm³/mol. The van der Waals surface area contributed by atoms with Crippen molar-refractivity contribution in [1.82, 2.24) is 4.57 Å². The second-order valence-electron chi connectivity index (χ2n) is 6.08. The molecule has 2 aromatic rings. The van der Waals surface area contributed by atoms with Crippen LogP contribution in [0.2, 0.25) is 0 Å². The number of methoxy groups -OCH3 is 2. The lowest BCUT2D eigenvalue weighted by atomic mass is 10.2. The maximum Gasteiger partial charge on any atom is 0.384 e. The van der Waals surface area contributed by atoms with Gasteiger partial charge in [-0.1, -0.05) is 5.92 Å². The number of ether oxygens (including phenoxy) is 4. The summed E-state index contributed by atoms with van der Waals surface area (Å²) in [5, 5.41) is 0.0425. The minimum absolute atomic E-state index is 0.0425. The number of fused-ring (bicyclic) bond motifs is 1. The third-order valence-corrected chi connectivity index (χ3v) is 4.07. The fourth-order valence-corrected chi connectivity index (χ4v) is 2.62. The normalized spacial score (nSPS) is 9.55. The Kier molecular flexibility index (Phi) is 8.77. The van der Waals surface area contributed by atoms with Gasteiger partial charge in [0.1, 0.15) is 12.3 Å². The van der Waals surface area contributed by atoms with E-state index in [1.54, 1.807) is 6.92 Å². The number of pyridine rings is 1. The fraction of sp³-hybridized carbons (Fsp3) is 0.261. The van der Waals surface area contributed by atoms with Crippen LogP contribution in [0.25, 0.3) is 10.9 Å². The maximum atomic E-state index is 12.8. The number of hydrogen-bond acceptors (Lipinski definition) is 9. The van der Waals surface area contributed by atoms with Gasteiger partial charge in [0.2, 0.25) is 5.43 Å². The highest BCUT2D eigenvalue weighted by atomic mass is 16.5. The molecule has 170 valence electrons. The third-order valence-electron chi connectivity index (χ3n) is 4.07. The molecule has 2 rings (SSSR count). The molecule has 1 aromatic carbocycles. The molecule has 0 aliphatic heterocycles. The quantitative estimate of drug-likeness (QED) is 0.271. The molecule has 0 bridgehead atoms. The Morgan fingerprint density at radius 1 is 0.939 bits per heavy atom. The first-order valence-electron chi connectivity index (χ1n) is 9.47. The van der Waals surface area contributed by atoms with E-state index in [9.17, 15) is 24.0 Å². The highest BCUT2D eigenvalue weighted by Gasteiger charge is 2.17. The minimum atomic E-state index is -0.783. The van der Waals surface area contributed by atoms with E-state index in [-0.39, 0.29) is 42.1 Å². The zero-order valence-corrected chi connectivity index (χ0v) is 18.1. The zero-order chi connectivity index (χ0) is 24.4. The van der Waals surface area contributed by atoms with Crippen LogP contribution in [0.1, 0.15) is 17.4 Å². The van der Waals surface area contributed by atoms with Gasteiger partial charge in [0.25, 0.3) is 0 Å².